The minimum atomic E-state index is -2.02. The molecule has 1 aliphatic heterocycles. The monoisotopic (exact) mass is 423 g/mol. The summed E-state index contributed by atoms with van der Waals surface area (Å²) < 4.78 is 27.1. The summed E-state index contributed by atoms with van der Waals surface area (Å²) in [6.07, 6.45) is -1.12. The Balaban J connectivity index is 3.10. The van der Waals surface area contributed by atoms with E-state index in [-0.39, 0.29) is 42.0 Å². The minimum absolute atomic E-state index is 0.0858. The highest BCUT2D eigenvalue weighted by Gasteiger charge is 2.50. The van der Waals surface area contributed by atoms with Gasteiger partial charge in [-0.15, -0.1) is 0 Å². The van der Waals surface area contributed by atoms with Crippen LogP contribution >= 0.6 is 8.53 Å². The largest absolute Gasteiger partial charge is 0.409 e. The fourth-order valence-corrected chi connectivity index (χ4v) is 6.09. The van der Waals surface area contributed by atoms with Crippen LogP contribution in [0.2, 0.25) is 18.1 Å². The van der Waals surface area contributed by atoms with Crippen molar-refractivity contribution in [3.63, 3.8) is 0 Å². The molecule has 1 N–H and O–H groups in total. The van der Waals surface area contributed by atoms with Gasteiger partial charge in [0.2, 0.25) is 0 Å². The molecule has 0 bridgehead atoms. The van der Waals surface area contributed by atoms with E-state index in [0.717, 1.165) is 0 Å². The Hall–Kier alpha value is 0.407. The first kappa shape index (κ1) is 25.4. The molecule has 0 aromatic carbocycles. The average molecular weight is 424 g/mol. The van der Waals surface area contributed by atoms with Crippen LogP contribution in [0.5, 0.6) is 0 Å². The van der Waals surface area contributed by atoms with Crippen molar-refractivity contribution >= 4 is 16.8 Å². The number of ether oxygens (including phenoxy) is 1. The third-order valence-electron chi connectivity index (χ3n) is 5.57. The summed E-state index contributed by atoms with van der Waals surface area (Å²) in [5.74, 6) is 0. The van der Waals surface area contributed by atoms with E-state index in [1.807, 2.05) is 6.92 Å². The molecule has 1 saturated heterocycles. The molecule has 0 saturated carbocycles. The van der Waals surface area contributed by atoms with Gasteiger partial charge in [0.05, 0.1) is 12.7 Å². The van der Waals surface area contributed by atoms with Crippen LogP contribution in [-0.4, -0.2) is 68.3 Å². The maximum atomic E-state index is 9.88. The molecular formula is C19H42NO5PSi. The van der Waals surface area contributed by atoms with Crippen LogP contribution in [-0.2, 0) is 18.2 Å². The molecule has 5 atom stereocenters. The van der Waals surface area contributed by atoms with Crippen molar-refractivity contribution in [3.05, 3.63) is 0 Å². The van der Waals surface area contributed by atoms with Crippen molar-refractivity contribution in [3.8, 4) is 0 Å². The zero-order chi connectivity index (χ0) is 21.2. The van der Waals surface area contributed by atoms with Crippen molar-refractivity contribution in [1.29, 1.82) is 0 Å². The standard InChI is InChI=1S/C19H42NO5PSi/c1-13(2)20(14(3)4)26(22-9)24-18-16(12-21)23-15(5)17(18)25-27(10,11)19(6,7)8/h13-18,21H,12H2,1-11H3/t15-,16+,17+,18?,26?/m0/s1. The SMILES string of the molecule is COP(OC1[C@@H](CO)O[C@@H](C)[C@H]1O[Si](C)(C)C(C)(C)C)N(C(C)C)C(C)C. The minimum Gasteiger partial charge on any atom is -0.409 e. The highest BCUT2D eigenvalue weighted by molar-refractivity contribution is 7.44. The van der Waals surface area contributed by atoms with Crippen LogP contribution in [0.3, 0.4) is 0 Å². The van der Waals surface area contributed by atoms with Gasteiger partial charge in [-0.3, -0.25) is 0 Å². The van der Waals surface area contributed by atoms with E-state index in [0.29, 0.717) is 0 Å². The number of rotatable bonds is 9. The van der Waals surface area contributed by atoms with Gasteiger partial charge in [-0.2, -0.15) is 0 Å². The van der Waals surface area contributed by atoms with E-state index in [1.165, 1.54) is 0 Å². The zero-order valence-electron chi connectivity index (χ0n) is 19.1. The molecule has 162 valence electrons. The Morgan fingerprint density at radius 2 is 1.63 bits per heavy atom. The molecule has 2 unspecified atom stereocenters. The van der Waals surface area contributed by atoms with Gasteiger partial charge >= 0.3 is 0 Å². The fraction of sp³-hybridized carbons (Fsp3) is 1.00. The summed E-state index contributed by atoms with van der Waals surface area (Å²) >= 11 is 0. The lowest BCUT2D eigenvalue weighted by atomic mass is 10.1. The van der Waals surface area contributed by atoms with Crippen LogP contribution in [0, 0.1) is 0 Å². The van der Waals surface area contributed by atoms with Gasteiger partial charge < -0.3 is 23.3 Å². The second-order valence-corrected chi connectivity index (χ2v) is 15.7. The lowest BCUT2D eigenvalue weighted by Gasteiger charge is -2.42. The molecule has 1 heterocycles. The third kappa shape index (κ3) is 6.19. The molecule has 6 nitrogen and oxygen atoms in total. The quantitative estimate of drug-likeness (QED) is 0.434. The van der Waals surface area contributed by atoms with Crippen LogP contribution in [0.1, 0.15) is 55.4 Å². The summed E-state index contributed by atoms with van der Waals surface area (Å²) in [7, 11) is -1.62. The normalized spacial score (nSPS) is 28.6. The predicted octanol–water partition coefficient (Wildman–Crippen LogP) is 4.53. The lowest BCUT2D eigenvalue weighted by molar-refractivity contribution is -0.0138. The molecule has 0 aromatic rings. The van der Waals surface area contributed by atoms with Gasteiger partial charge in [-0.1, -0.05) is 20.8 Å². The van der Waals surface area contributed by atoms with Crippen molar-refractivity contribution in [1.82, 2.24) is 4.67 Å². The van der Waals surface area contributed by atoms with E-state index >= 15 is 0 Å². The van der Waals surface area contributed by atoms with Gasteiger partial charge in [0.25, 0.3) is 8.53 Å². The summed E-state index contributed by atoms with van der Waals surface area (Å²) in [6.45, 7) is 21.6. The van der Waals surface area contributed by atoms with E-state index < -0.39 is 22.9 Å². The molecule has 0 aromatic heterocycles. The van der Waals surface area contributed by atoms with E-state index in [2.05, 4.69) is 66.2 Å². The molecule has 0 spiro atoms. The Bertz CT molecular complexity index is 450. The average Bonchev–Trinajstić information content (AvgIpc) is 2.80. The molecular weight excluding hydrogens is 381 g/mol. The van der Waals surface area contributed by atoms with Gasteiger partial charge in [0.1, 0.15) is 18.3 Å². The molecule has 1 aliphatic rings. The van der Waals surface area contributed by atoms with Crippen molar-refractivity contribution in [2.45, 2.75) is 110 Å². The number of hydrogen-bond donors (Lipinski definition) is 1. The highest BCUT2D eigenvalue weighted by Crippen LogP contribution is 2.49. The predicted molar refractivity (Wildman–Crippen MR) is 114 cm³/mol. The Kier molecular flexibility index (Phi) is 9.37. The number of hydrogen-bond acceptors (Lipinski definition) is 6. The maximum Gasteiger partial charge on any atom is 0.259 e. The Morgan fingerprint density at radius 3 is 2.00 bits per heavy atom. The van der Waals surface area contributed by atoms with Gasteiger partial charge in [0, 0.05) is 19.2 Å². The molecule has 27 heavy (non-hydrogen) atoms. The topological polar surface area (TPSA) is 60.4 Å². The first-order chi connectivity index (χ1) is 12.3. The van der Waals surface area contributed by atoms with Crippen molar-refractivity contribution < 1.29 is 23.3 Å². The second-order valence-electron chi connectivity index (χ2n) is 9.46. The Morgan fingerprint density at radius 1 is 1.11 bits per heavy atom. The van der Waals surface area contributed by atoms with Crippen molar-refractivity contribution in [2.24, 2.45) is 0 Å². The first-order valence-electron chi connectivity index (χ1n) is 10.00. The zero-order valence-corrected chi connectivity index (χ0v) is 21.0. The van der Waals surface area contributed by atoms with E-state index in [4.69, 9.17) is 18.2 Å². The van der Waals surface area contributed by atoms with Crippen LogP contribution in [0.15, 0.2) is 0 Å². The fourth-order valence-electron chi connectivity index (χ4n) is 3.13. The summed E-state index contributed by atoms with van der Waals surface area (Å²) in [5, 5.41) is 9.96. The molecule has 1 rings (SSSR count). The number of aliphatic hydroxyl groups excluding tert-OH is 1. The molecule has 1 fully saturated rings. The summed E-state index contributed by atoms with van der Waals surface area (Å²) in [5.41, 5.74) is 0. The summed E-state index contributed by atoms with van der Waals surface area (Å²) in [6, 6.07) is 0.561. The molecule has 0 aliphatic carbocycles. The number of nitrogens with zero attached hydrogens (tertiary/aromatic N) is 1. The van der Waals surface area contributed by atoms with Crippen molar-refractivity contribution in [2.75, 3.05) is 13.7 Å². The Labute approximate surface area is 169 Å². The van der Waals surface area contributed by atoms with Gasteiger partial charge in [-0.05, 0) is 52.8 Å². The van der Waals surface area contributed by atoms with Crippen LogP contribution in [0.4, 0.5) is 0 Å². The molecule has 8 heteroatoms. The molecule has 0 amide bonds. The highest BCUT2D eigenvalue weighted by atomic mass is 31.2. The third-order valence-corrected chi connectivity index (χ3v) is 12.1. The second kappa shape index (κ2) is 9.94. The van der Waals surface area contributed by atoms with E-state index in [9.17, 15) is 5.11 Å². The number of aliphatic hydroxyl groups is 1. The van der Waals surface area contributed by atoms with E-state index in [1.54, 1.807) is 7.11 Å². The van der Waals surface area contributed by atoms with Gasteiger partial charge in [-0.25, -0.2) is 4.67 Å². The lowest BCUT2D eigenvalue weighted by Crippen LogP contribution is -2.50. The van der Waals surface area contributed by atoms with Gasteiger partial charge in [0.15, 0.2) is 8.32 Å². The van der Waals surface area contributed by atoms with Crippen LogP contribution in [0.25, 0.3) is 0 Å². The molecule has 0 radical (unpaired) electrons. The van der Waals surface area contributed by atoms with Crippen LogP contribution < -0.4 is 0 Å². The maximum absolute atomic E-state index is 9.88. The first-order valence-corrected chi connectivity index (χ1v) is 14.0. The smallest absolute Gasteiger partial charge is 0.259 e. The summed E-state index contributed by atoms with van der Waals surface area (Å²) in [4.78, 5) is 0.